The fraction of sp³-hybridized carbons (Fsp3) is 0.154. The van der Waals surface area contributed by atoms with E-state index in [1.54, 1.807) is 0 Å². The Morgan fingerprint density at radius 2 is 1.08 bits per heavy atom. The Morgan fingerprint density at radius 3 is 1.62 bits per heavy atom. The van der Waals surface area contributed by atoms with Gasteiger partial charge in [0.1, 0.15) is 0 Å². The smallest absolute Gasteiger partial charge is 0.00264 e. The van der Waals surface area contributed by atoms with Crippen molar-refractivity contribution in [2.24, 2.45) is 0 Å². The Bertz CT molecular complexity index is 970. The van der Waals surface area contributed by atoms with Crippen molar-refractivity contribution in [2.45, 2.75) is 26.2 Å². The number of hydrogen-bond acceptors (Lipinski definition) is 0. The van der Waals surface area contributed by atoms with Gasteiger partial charge in [0.2, 0.25) is 0 Å². The standard InChI is InChI=1S/C16H10.C10H14/c1-2-8-13-12(7-1)14-9-3-5-11-6-4-10-15(13)16(11)14;1-3-9(2)10-7-5-4-6-8-10/h1-10H;4-9H,3H2,1-2H3. The fourth-order valence-corrected chi connectivity index (χ4v) is 3.76. The summed E-state index contributed by atoms with van der Waals surface area (Å²) in [6.45, 7) is 4.48. The molecule has 1 atom stereocenters. The predicted molar refractivity (Wildman–Crippen MR) is 114 cm³/mol. The van der Waals surface area contributed by atoms with Gasteiger partial charge in [-0.15, -0.1) is 0 Å². The lowest BCUT2D eigenvalue weighted by atomic mass is 9.99. The van der Waals surface area contributed by atoms with Gasteiger partial charge in [0.05, 0.1) is 0 Å². The van der Waals surface area contributed by atoms with Crippen LogP contribution < -0.4 is 0 Å². The zero-order valence-electron chi connectivity index (χ0n) is 15.4. The summed E-state index contributed by atoms with van der Waals surface area (Å²) in [5, 5.41) is 2.75. The van der Waals surface area contributed by atoms with Crippen molar-refractivity contribution >= 4 is 10.8 Å². The van der Waals surface area contributed by atoms with E-state index in [2.05, 4.69) is 105 Å². The van der Waals surface area contributed by atoms with E-state index >= 15 is 0 Å². The van der Waals surface area contributed by atoms with Crippen molar-refractivity contribution in [3.63, 3.8) is 0 Å². The van der Waals surface area contributed by atoms with Gasteiger partial charge in [-0.2, -0.15) is 0 Å². The van der Waals surface area contributed by atoms with Gasteiger partial charge in [-0.05, 0) is 50.9 Å². The van der Waals surface area contributed by atoms with Crippen LogP contribution in [-0.4, -0.2) is 0 Å². The first-order valence-electron chi connectivity index (χ1n) is 9.46. The third-order valence-corrected chi connectivity index (χ3v) is 5.39. The zero-order valence-corrected chi connectivity index (χ0v) is 15.4. The maximum atomic E-state index is 2.26. The molecule has 0 aliphatic heterocycles. The minimum absolute atomic E-state index is 0.709. The Morgan fingerprint density at radius 1 is 0.577 bits per heavy atom. The van der Waals surface area contributed by atoms with Gasteiger partial charge >= 0.3 is 0 Å². The van der Waals surface area contributed by atoms with Gasteiger partial charge in [-0.1, -0.05) is 105 Å². The molecule has 26 heavy (non-hydrogen) atoms. The van der Waals surface area contributed by atoms with E-state index in [9.17, 15) is 0 Å². The van der Waals surface area contributed by atoms with Crippen LogP contribution in [0.1, 0.15) is 31.7 Å². The van der Waals surface area contributed by atoms with Crippen molar-refractivity contribution in [2.75, 3.05) is 0 Å². The van der Waals surface area contributed by atoms with Crippen molar-refractivity contribution in [3.05, 3.63) is 96.6 Å². The topological polar surface area (TPSA) is 0 Å². The number of rotatable bonds is 2. The number of benzene rings is 4. The van der Waals surface area contributed by atoms with Crippen molar-refractivity contribution < 1.29 is 0 Å². The van der Waals surface area contributed by atoms with E-state index in [1.165, 1.54) is 45.0 Å². The second-order valence-electron chi connectivity index (χ2n) is 6.97. The van der Waals surface area contributed by atoms with Gasteiger partial charge < -0.3 is 0 Å². The van der Waals surface area contributed by atoms with Crippen LogP contribution in [0.25, 0.3) is 33.0 Å². The van der Waals surface area contributed by atoms with Gasteiger partial charge in [0.15, 0.2) is 0 Å². The Hall–Kier alpha value is -2.86. The SMILES string of the molecule is CCC(C)c1ccccc1.c1ccc2c(c1)-c1cccc3cccc-2c13. The summed E-state index contributed by atoms with van der Waals surface area (Å²) in [5.74, 6) is 0.709. The molecule has 0 saturated heterocycles. The third kappa shape index (κ3) is 2.93. The van der Waals surface area contributed by atoms with E-state index in [4.69, 9.17) is 0 Å². The molecule has 0 heteroatoms. The van der Waals surface area contributed by atoms with Gasteiger partial charge in [0, 0.05) is 0 Å². The monoisotopic (exact) mass is 336 g/mol. The Kier molecular flexibility index (Phi) is 4.58. The van der Waals surface area contributed by atoms with Crippen LogP contribution in [0.5, 0.6) is 0 Å². The third-order valence-electron chi connectivity index (χ3n) is 5.39. The van der Waals surface area contributed by atoms with Gasteiger partial charge in [-0.3, -0.25) is 0 Å². The molecule has 1 aliphatic rings. The molecule has 1 aliphatic carbocycles. The molecule has 0 bridgehead atoms. The summed E-state index contributed by atoms with van der Waals surface area (Å²) in [5.41, 5.74) is 6.95. The molecule has 128 valence electrons. The second kappa shape index (κ2) is 7.17. The largest absolute Gasteiger partial charge is 0.0648 e. The first kappa shape index (κ1) is 16.6. The summed E-state index contributed by atoms with van der Waals surface area (Å²) in [4.78, 5) is 0. The minimum atomic E-state index is 0.709. The highest BCUT2D eigenvalue weighted by Crippen LogP contribution is 2.46. The molecule has 0 nitrogen and oxygen atoms in total. The molecule has 0 spiro atoms. The molecule has 4 aromatic rings. The van der Waals surface area contributed by atoms with Gasteiger partial charge in [-0.25, -0.2) is 0 Å². The van der Waals surface area contributed by atoms with Crippen molar-refractivity contribution in [3.8, 4) is 22.3 Å². The summed E-state index contributed by atoms with van der Waals surface area (Å²) in [6.07, 6.45) is 1.23. The Labute approximate surface area is 156 Å². The molecule has 0 saturated carbocycles. The van der Waals surface area contributed by atoms with Crippen LogP contribution in [0, 0.1) is 0 Å². The average Bonchev–Trinajstić information content (AvgIpc) is 3.05. The van der Waals surface area contributed by atoms with E-state index < -0.39 is 0 Å². The maximum Gasteiger partial charge on any atom is -0.00264 e. The van der Waals surface area contributed by atoms with Crippen LogP contribution in [0.2, 0.25) is 0 Å². The molecule has 0 heterocycles. The van der Waals surface area contributed by atoms with Gasteiger partial charge in [0.25, 0.3) is 0 Å². The molecule has 5 rings (SSSR count). The molecule has 0 N–H and O–H groups in total. The van der Waals surface area contributed by atoms with Crippen LogP contribution in [0.15, 0.2) is 91.0 Å². The van der Waals surface area contributed by atoms with Crippen LogP contribution in [-0.2, 0) is 0 Å². The summed E-state index contributed by atoms with van der Waals surface area (Å²) in [6, 6.07) is 32.4. The summed E-state index contributed by atoms with van der Waals surface area (Å²) in [7, 11) is 0. The molecule has 0 fully saturated rings. The van der Waals surface area contributed by atoms with E-state index in [1.807, 2.05) is 0 Å². The van der Waals surface area contributed by atoms with Crippen LogP contribution in [0.3, 0.4) is 0 Å². The Balaban J connectivity index is 0.000000146. The predicted octanol–water partition coefficient (Wildman–Crippen LogP) is 7.69. The highest BCUT2D eigenvalue weighted by Gasteiger charge is 2.19. The van der Waals surface area contributed by atoms with E-state index in [0.29, 0.717) is 5.92 Å². The molecular formula is C26H24. The van der Waals surface area contributed by atoms with E-state index in [-0.39, 0.29) is 0 Å². The lowest BCUT2D eigenvalue weighted by Gasteiger charge is -2.06. The lowest BCUT2D eigenvalue weighted by molar-refractivity contribution is 0.733. The number of fused-ring (bicyclic) bond motifs is 3. The molecule has 1 unspecified atom stereocenters. The lowest BCUT2D eigenvalue weighted by Crippen LogP contribution is -1.88. The number of hydrogen-bond donors (Lipinski definition) is 0. The van der Waals surface area contributed by atoms with E-state index in [0.717, 1.165) is 0 Å². The van der Waals surface area contributed by atoms with Crippen molar-refractivity contribution in [1.82, 2.24) is 0 Å². The normalized spacial score (nSPS) is 12.2. The van der Waals surface area contributed by atoms with Crippen LogP contribution in [0.4, 0.5) is 0 Å². The molecule has 0 radical (unpaired) electrons. The van der Waals surface area contributed by atoms with Crippen LogP contribution >= 0.6 is 0 Å². The zero-order chi connectivity index (χ0) is 17.9. The molecule has 4 aromatic carbocycles. The molecule has 0 aromatic heterocycles. The average molecular weight is 336 g/mol. The fourth-order valence-electron chi connectivity index (χ4n) is 3.76. The second-order valence-corrected chi connectivity index (χ2v) is 6.97. The first-order valence-corrected chi connectivity index (χ1v) is 9.46. The minimum Gasteiger partial charge on any atom is -0.0648 e. The maximum absolute atomic E-state index is 2.26. The summed E-state index contributed by atoms with van der Waals surface area (Å²) < 4.78 is 0. The van der Waals surface area contributed by atoms with Crippen molar-refractivity contribution in [1.29, 1.82) is 0 Å². The quantitative estimate of drug-likeness (QED) is 0.310. The first-order chi connectivity index (χ1) is 12.8. The molecular weight excluding hydrogens is 312 g/mol. The highest BCUT2D eigenvalue weighted by molar-refractivity contribution is 6.15. The molecule has 0 amide bonds. The summed E-state index contributed by atoms with van der Waals surface area (Å²) >= 11 is 0. The highest BCUT2D eigenvalue weighted by atomic mass is 14.2.